The van der Waals surface area contributed by atoms with Crippen molar-refractivity contribution in [3.63, 3.8) is 0 Å². The summed E-state index contributed by atoms with van der Waals surface area (Å²) >= 11 is 0. The third-order valence-corrected chi connectivity index (χ3v) is 6.03. The van der Waals surface area contributed by atoms with E-state index in [1.807, 2.05) is 89.2 Å². The Labute approximate surface area is 195 Å². The average Bonchev–Trinajstić information content (AvgIpc) is 3.43. The number of hydrogen-bond donors (Lipinski definition) is 0. The van der Waals surface area contributed by atoms with Gasteiger partial charge >= 0.3 is 6.09 Å². The molecule has 2 fully saturated rings. The fraction of sp³-hybridized carbons (Fsp3) is 0.462. The summed E-state index contributed by atoms with van der Waals surface area (Å²) in [4.78, 5) is 30.3. The van der Waals surface area contributed by atoms with Crippen LogP contribution in [0.5, 0.6) is 5.75 Å². The van der Waals surface area contributed by atoms with Gasteiger partial charge in [0.1, 0.15) is 23.1 Å². The van der Waals surface area contributed by atoms with Gasteiger partial charge in [0.25, 0.3) is 5.91 Å². The monoisotopic (exact) mass is 452 g/mol. The third-order valence-electron chi connectivity index (χ3n) is 6.03. The van der Waals surface area contributed by atoms with Gasteiger partial charge in [-0.05, 0) is 57.9 Å². The molecule has 2 aromatic rings. The predicted octanol–water partition coefficient (Wildman–Crippen LogP) is 4.69. The summed E-state index contributed by atoms with van der Waals surface area (Å²) in [5.74, 6) is 0.558. The van der Waals surface area contributed by atoms with E-state index in [-0.39, 0.29) is 11.9 Å². The fourth-order valence-corrected chi connectivity index (χ4v) is 4.46. The van der Waals surface area contributed by atoms with E-state index >= 15 is 0 Å². The molecule has 7 heteroatoms. The van der Waals surface area contributed by atoms with Crippen LogP contribution in [0.15, 0.2) is 54.6 Å². The van der Waals surface area contributed by atoms with E-state index in [2.05, 4.69) is 0 Å². The molecule has 2 aliphatic rings. The van der Waals surface area contributed by atoms with Crippen molar-refractivity contribution in [3.05, 3.63) is 65.7 Å². The molecule has 33 heavy (non-hydrogen) atoms. The third kappa shape index (κ3) is 4.55. The zero-order valence-corrected chi connectivity index (χ0v) is 20.1. The number of rotatable bonds is 4. The molecule has 2 aromatic carbocycles. The first-order valence-electron chi connectivity index (χ1n) is 11.2. The maximum absolute atomic E-state index is 14.0. The summed E-state index contributed by atoms with van der Waals surface area (Å²) in [5, 5.41) is 0. The first-order valence-corrected chi connectivity index (χ1v) is 11.2. The van der Waals surface area contributed by atoms with Crippen molar-refractivity contribution in [1.82, 2.24) is 9.80 Å². The summed E-state index contributed by atoms with van der Waals surface area (Å²) in [5.41, 5.74) is 0.390. The number of amides is 2. The van der Waals surface area contributed by atoms with E-state index in [1.165, 1.54) is 4.90 Å². The van der Waals surface area contributed by atoms with Crippen molar-refractivity contribution in [2.24, 2.45) is 0 Å². The average molecular weight is 453 g/mol. The first kappa shape index (κ1) is 23.1. The van der Waals surface area contributed by atoms with Crippen LogP contribution in [0, 0.1) is 0 Å². The number of hydrogen-bond acceptors (Lipinski definition) is 5. The van der Waals surface area contributed by atoms with Crippen molar-refractivity contribution in [3.8, 4) is 5.75 Å². The van der Waals surface area contributed by atoms with Gasteiger partial charge in [-0.15, -0.1) is 0 Å². The van der Waals surface area contributed by atoms with Gasteiger partial charge in [-0.2, -0.15) is 0 Å². The van der Waals surface area contributed by atoms with E-state index in [1.54, 1.807) is 12.0 Å². The molecule has 0 N–H and O–H groups in total. The molecule has 7 nitrogen and oxygen atoms in total. The van der Waals surface area contributed by atoms with Crippen LogP contribution in [-0.2, 0) is 14.3 Å². The molecule has 3 atom stereocenters. The van der Waals surface area contributed by atoms with Crippen LogP contribution < -0.4 is 4.74 Å². The zero-order chi connectivity index (χ0) is 24.0. The van der Waals surface area contributed by atoms with Crippen molar-refractivity contribution < 1.29 is 23.8 Å². The fourth-order valence-electron chi connectivity index (χ4n) is 4.46. The smallest absolute Gasteiger partial charge is 0.411 e. The molecule has 4 rings (SSSR count). The molecule has 2 aliphatic heterocycles. The molecule has 0 aromatic heterocycles. The van der Waals surface area contributed by atoms with Crippen LogP contribution in [0.2, 0.25) is 0 Å². The molecule has 0 radical (unpaired) electrons. The molecule has 0 aliphatic carbocycles. The van der Waals surface area contributed by atoms with E-state index in [0.717, 1.165) is 11.1 Å². The Morgan fingerprint density at radius 1 is 1.00 bits per heavy atom. The van der Waals surface area contributed by atoms with Crippen molar-refractivity contribution >= 4 is 12.0 Å². The van der Waals surface area contributed by atoms with Gasteiger partial charge in [0.15, 0.2) is 0 Å². The number of nitrogens with zero attached hydrogens (tertiary/aromatic N) is 2. The molecule has 0 saturated carbocycles. The maximum atomic E-state index is 14.0. The van der Waals surface area contributed by atoms with Crippen LogP contribution in [0.4, 0.5) is 4.79 Å². The van der Waals surface area contributed by atoms with Crippen LogP contribution >= 0.6 is 0 Å². The highest BCUT2D eigenvalue weighted by Gasteiger charge is 2.61. The van der Waals surface area contributed by atoms with E-state index in [4.69, 9.17) is 14.2 Å². The van der Waals surface area contributed by atoms with E-state index in [0.29, 0.717) is 12.4 Å². The number of carbonyl (C=O) groups excluding carboxylic acids is 2. The molecule has 2 amide bonds. The summed E-state index contributed by atoms with van der Waals surface area (Å²) in [6.45, 7) is 9.62. The van der Waals surface area contributed by atoms with Gasteiger partial charge in [-0.1, -0.05) is 42.5 Å². The lowest BCUT2D eigenvalue weighted by Crippen LogP contribution is -2.47. The lowest BCUT2D eigenvalue weighted by atomic mass is 10.0. The Morgan fingerprint density at radius 3 is 2.21 bits per heavy atom. The highest BCUT2D eigenvalue weighted by Crippen LogP contribution is 2.48. The Morgan fingerprint density at radius 2 is 1.64 bits per heavy atom. The molecule has 0 bridgehead atoms. The molecule has 0 spiro atoms. The van der Waals surface area contributed by atoms with Crippen LogP contribution in [0.25, 0.3) is 0 Å². The van der Waals surface area contributed by atoms with Crippen LogP contribution in [-0.4, -0.2) is 52.9 Å². The minimum atomic E-state index is -0.801. The number of methoxy groups -OCH3 is 1. The Kier molecular flexibility index (Phi) is 5.86. The van der Waals surface area contributed by atoms with Gasteiger partial charge < -0.3 is 19.1 Å². The quantitative estimate of drug-likeness (QED) is 0.630. The van der Waals surface area contributed by atoms with Crippen molar-refractivity contribution in [1.29, 1.82) is 0 Å². The van der Waals surface area contributed by atoms with Crippen LogP contribution in [0.3, 0.4) is 0 Å². The zero-order valence-electron chi connectivity index (χ0n) is 20.1. The Bertz CT molecular complexity index is 1010. The lowest BCUT2D eigenvalue weighted by Gasteiger charge is -2.34. The second-order valence-electron chi connectivity index (χ2n) is 9.94. The topological polar surface area (TPSA) is 68.1 Å². The highest BCUT2D eigenvalue weighted by atomic mass is 16.6. The molecular formula is C26H32N2O5. The predicted molar refractivity (Wildman–Crippen MR) is 124 cm³/mol. The molecule has 2 heterocycles. The van der Waals surface area contributed by atoms with Gasteiger partial charge in [-0.3, -0.25) is 9.69 Å². The molecule has 2 saturated heterocycles. The number of carbonyl (C=O) groups is 2. The normalized spacial score (nSPS) is 23.9. The van der Waals surface area contributed by atoms with Gasteiger partial charge in [0.2, 0.25) is 0 Å². The SMILES string of the molecule is COc1ccc([C@H]2[C@H](C(=O)N3[C@H](c4ccccc4)COC3(C)C)N2C(=O)OC(C)(C)C)cc1. The maximum Gasteiger partial charge on any atom is 0.411 e. The first-order chi connectivity index (χ1) is 15.5. The summed E-state index contributed by atoms with van der Waals surface area (Å²) in [6.07, 6.45) is -0.504. The second kappa shape index (κ2) is 8.37. The Balaban J connectivity index is 1.66. The Hall–Kier alpha value is -3.06. The highest BCUT2D eigenvalue weighted by molar-refractivity contribution is 5.93. The van der Waals surface area contributed by atoms with Gasteiger partial charge in [0, 0.05) is 0 Å². The van der Waals surface area contributed by atoms with E-state index in [9.17, 15) is 9.59 Å². The molecule has 0 unspecified atom stereocenters. The number of benzene rings is 2. The van der Waals surface area contributed by atoms with Gasteiger partial charge in [0.05, 0.1) is 25.8 Å². The lowest BCUT2D eigenvalue weighted by molar-refractivity contribution is -0.146. The summed E-state index contributed by atoms with van der Waals surface area (Å²) < 4.78 is 16.9. The number of ether oxygens (including phenoxy) is 3. The summed E-state index contributed by atoms with van der Waals surface area (Å²) in [7, 11) is 1.60. The summed E-state index contributed by atoms with van der Waals surface area (Å²) in [6, 6.07) is 16.0. The van der Waals surface area contributed by atoms with Crippen molar-refractivity contribution in [2.75, 3.05) is 13.7 Å². The minimum absolute atomic E-state index is 0.155. The molecular weight excluding hydrogens is 420 g/mol. The minimum Gasteiger partial charge on any atom is -0.497 e. The van der Waals surface area contributed by atoms with Crippen LogP contribution in [0.1, 0.15) is 57.8 Å². The second-order valence-corrected chi connectivity index (χ2v) is 9.94. The van der Waals surface area contributed by atoms with Gasteiger partial charge in [-0.25, -0.2) is 4.79 Å². The van der Waals surface area contributed by atoms with Crippen molar-refractivity contribution in [2.45, 2.75) is 64.1 Å². The van der Waals surface area contributed by atoms with E-state index < -0.39 is 29.5 Å². The largest absolute Gasteiger partial charge is 0.497 e. The standard InChI is InChI=1S/C26H32N2O5/c1-25(2,3)33-24(30)27-21(18-12-14-19(31-6)15-13-18)22(27)23(29)28-20(16-32-26(28,4)5)17-10-8-7-9-11-17/h7-15,20-22H,16H2,1-6H3/t20-,21-,22+,27?/m0/s1. The molecule has 176 valence electrons.